The van der Waals surface area contributed by atoms with E-state index in [0.717, 1.165) is 11.1 Å². The van der Waals surface area contributed by atoms with Crippen molar-refractivity contribution in [3.63, 3.8) is 0 Å². The summed E-state index contributed by atoms with van der Waals surface area (Å²) in [6.45, 7) is 0. The van der Waals surface area contributed by atoms with Gasteiger partial charge in [0.1, 0.15) is 17.3 Å². The Hall–Kier alpha value is -2.81. The van der Waals surface area contributed by atoms with Crippen LogP contribution in [0.5, 0.6) is 5.75 Å². The van der Waals surface area contributed by atoms with E-state index in [1.54, 1.807) is 7.11 Å². The topological polar surface area (TPSA) is 39.4 Å². The fourth-order valence-electron chi connectivity index (χ4n) is 2.20. The monoisotopic (exact) mass is 278 g/mol. The van der Waals surface area contributed by atoms with E-state index in [0.29, 0.717) is 17.3 Å². The van der Waals surface area contributed by atoms with E-state index in [-0.39, 0.29) is 5.43 Å². The molecule has 3 nitrogen and oxygen atoms in total. The predicted octanol–water partition coefficient (Wildman–Crippen LogP) is 3.98. The third kappa shape index (κ3) is 2.72. The van der Waals surface area contributed by atoms with Crippen LogP contribution in [0.15, 0.2) is 75.9 Å². The first-order valence-corrected chi connectivity index (χ1v) is 6.62. The first kappa shape index (κ1) is 13.2. The third-order valence-corrected chi connectivity index (χ3v) is 3.20. The second-order valence-corrected chi connectivity index (χ2v) is 4.59. The fourth-order valence-corrected chi connectivity index (χ4v) is 2.20. The van der Waals surface area contributed by atoms with Gasteiger partial charge in [0, 0.05) is 17.7 Å². The van der Waals surface area contributed by atoms with E-state index in [2.05, 4.69) is 0 Å². The highest BCUT2D eigenvalue weighted by Gasteiger charge is 2.10. The van der Waals surface area contributed by atoms with Crippen molar-refractivity contribution >= 4 is 0 Å². The zero-order valence-corrected chi connectivity index (χ0v) is 11.6. The van der Waals surface area contributed by atoms with Gasteiger partial charge in [-0.1, -0.05) is 42.5 Å². The van der Waals surface area contributed by atoms with Crippen molar-refractivity contribution < 1.29 is 9.15 Å². The van der Waals surface area contributed by atoms with Gasteiger partial charge in [0.2, 0.25) is 0 Å². The van der Waals surface area contributed by atoms with Crippen LogP contribution in [0.3, 0.4) is 0 Å². The molecule has 0 unspecified atom stereocenters. The lowest BCUT2D eigenvalue weighted by atomic mass is 10.1. The maximum absolute atomic E-state index is 12.0. The van der Waals surface area contributed by atoms with Gasteiger partial charge in [-0.05, 0) is 12.1 Å². The van der Waals surface area contributed by atoms with Crippen molar-refractivity contribution in [3.8, 4) is 28.4 Å². The minimum absolute atomic E-state index is 0.0963. The SMILES string of the molecule is COc1ccccc1-c1cc(=O)cc(-c2ccccc2)o1. The second-order valence-electron chi connectivity index (χ2n) is 4.59. The van der Waals surface area contributed by atoms with E-state index >= 15 is 0 Å². The summed E-state index contributed by atoms with van der Waals surface area (Å²) >= 11 is 0. The zero-order valence-electron chi connectivity index (χ0n) is 11.6. The molecule has 0 saturated carbocycles. The van der Waals surface area contributed by atoms with E-state index in [4.69, 9.17) is 9.15 Å². The lowest BCUT2D eigenvalue weighted by Crippen LogP contribution is -1.99. The summed E-state index contributed by atoms with van der Waals surface area (Å²) in [6, 6.07) is 20.0. The number of para-hydroxylation sites is 1. The minimum atomic E-state index is -0.0963. The van der Waals surface area contributed by atoms with Crippen LogP contribution in [-0.2, 0) is 0 Å². The van der Waals surface area contributed by atoms with Gasteiger partial charge < -0.3 is 9.15 Å². The Balaban J connectivity index is 2.17. The molecule has 0 N–H and O–H groups in total. The van der Waals surface area contributed by atoms with Gasteiger partial charge in [-0.3, -0.25) is 4.79 Å². The summed E-state index contributed by atoms with van der Waals surface area (Å²) in [6.07, 6.45) is 0. The first-order chi connectivity index (χ1) is 10.3. The van der Waals surface area contributed by atoms with Crippen molar-refractivity contribution in [2.24, 2.45) is 0 Å². The molecule has 0 atom stereocenters. The summed E-state index contributed by atoms with van der Waals surface area (Å²) in [7, 11) is 1.60. The van der Waals surface area contributed by atoms with Crippen molar-refractivity contribution in [2.75, 3.05) is 7.11 Å². The van der Waals surface area contributed by atoms with Crippen molar-refractivity contribution in [2.45, 2.75) is 0 Å². The molecule has 1 heterocycles. The highest BCUT2D eigenvalue weighted by Crippen LogP contribution is 2.31. The molecule has 104 valence electrons. The highest BCUT2D eigenvalue weighted by atomic mass is 16.5. The molecule has 0 fully saturated rings. The molecule has 0 radical (unpaired) electrons. The van der Waals surface area contributed by atoms with Crippen LogP contribution >= 0.6 is 0 Å². The lowest BCUT2D eigenvalue weighted by molar-refractivity contribution is 0.414. The molecule has 0 aliphatic rings. The van der Waals surface area contributed by atoms with E-state index in [1.165, 1.54) is 12.1 Å². The van der Waals surface area contributed by atoms with Crippen LogP contribution < -0.4 is 10.2 Å². The molecule has 0 aliphatic carbocycles. The zero-order chi connectivity index (χ0) is 14.7. The molecule has 3 rings (SSSR count). The van der Waals surface area contributed by atoms with E-state index < -0.39 is 0 Å². The van der Waals surface area contributed by atoms with Crippen LogP contribution in [0.25, 0.3) is 22.6 Å². The number of methoxy groups -OCH3 is 1. The summed E-state index contributed by atoms with van der Waals surface area (Å²) in [5.74, 6) is 1.72. The van der Waals surface area contributed by atoms with Gasteiger partial charge in [-0.2, -0.15) is 0 Å². The van der Waals surface area contributed by atoms with Crippen LogP contribution in [0.1, 0.15) is 0 Å². The molecule has 0 bridgehead atoms. The van der Waals surface area contributed by atoms with Gasteiger partial charge in [-0.15, -0.1) is 0 Å². The fraction of sp³-hybridized carbons (Fsp3) is 0.0556. The second kappa shape index (κ2) is 5.67. The average Bonchev–Trinajstić information content (AvgIpc) is 2.55. The summed E-state index contributed by atoms with van der Waals surface area (Å²) in [5, 5.41) is 0. The van der Waals surface area contributed by atoms with Crippen molar-refractivity contribution in [1.29, 1.82) is 0 Å². The summed E-state index contributed by atoms with van der Waals surface area (Å²) in [4.78, 5) is 12.0. The molecular weight excluding hydrogens is 264 g/mol. The van der Waals surface area contributed by atoms with Crippen LogP contribution in [-0.4, -0.2) is 7.11 Å². The highest BCUT2D eigenvalue weighted by molar-refractivity contribution is 5.67. The van der Waals surface area contributed by atoms with Gasteiger partial charge in [0.05, 0.1) is 12.7 Å². The number of hydrogen-bond donors (Lipinski definition) is 0. The molecular formula is C18H14O3. The number of hydrogen-bond acceptors (Lipinski definition) is 3. The number of rotatable bonds is 3. The Morgan fingerprint density at radius 2 is 1.52 bits per heavy atom. The quantitative estimate of drug-likeness (QED) is 0.727. The predicted molar refractivity (Wildman–Crippen MR) is 82.4 cm³/mol. The Morgan fingerprint density at radius 3 is 2.29 bits per heavy atom. The molecule has 21 heavy (non-hydrogen) atoms. The molecule has 0 spiro atoms. The maximum Gasteiger partial charge on any atom is 0.186 e. The third-order valence-electron chi connectivity index (χ3n) is 3.20. The standard InChI is InChI=1S/C18H14O3/c1-20-16-10-6-5-9-15(16)18-12-14(19)11-17(21-18)13-7-3-2-4-8-13/h2-12H,1H3. The largest absolute Gasteiger partial charge is 0.496 e. The molecule has 0 aliphatic heterocycles. The molecule has 1 aromatic heterocycles. The summed E-state index contributed by atoms with van der Waals surface area (Å²) in [5.41, 5.74) is 1.53. The average molecular weight is 278 g/mol. The number of benzene rings is 2. The summed E-state index contributed by atoms with van der Waals surface area (Å²) < 4.78 is 11.2. The maximum atomic E-state index is 12.0. The van der Waals surface area contributed by atoms with Gasteiger partial charge in [0.25, 0.3) is 0 Å². The minimum Gasteiger partial charge on any atom is -0.496 e. The lowest BCUT2D eigenvalue weighted by Gasteiger charge is -2.08. The molecule has 0 amide bonds. The molecule has 3 heteroatoms. The Labute approximate surface area is 122 Å². The van der Waals surface area contributed by atoms with Crippen molar-refractivity contribution in [1.82, 2.24) is 0 Å². The molecule has 0 saturated heterocycles. The normalized spacial score (nSPS) is 10.3. The Bertz CT molecular complexity index is 804. The van der Waals surface area contributed by atoms with E-state index in [9.17, 15) is 4.79 Å². The van der Waals surface area contributed by atoms with Gasteiger partial charge in [-0.25, -0.2) is 0 Å². The first-order valence-electron chi connectivity index (χ1n) is 6.62. The number of ether oxygens (including phenoxy) is 1. The van der Waals surface area contributed by atoms with Gasteiger partial charge >= 0.3 is 0 Å². The molecule has 2 aromatic carbocycles. The van der Waals surface area contributed by atoms with Crippen LogP contribution in [0.4, 0.5) is 0 Å². The van der Waals surface area contributed by atoms with E-state index in [1.807, 2.05) is 54.6 Å². The Kier molecular flexibility index (Phi) is 3.56. The molecule has 3 aromatic rings. The Morgan fingerprint density at radius 1 is 0.857 bits per heavy atom. The van der Waals surface area contributed by atoms with Gasteiger partial charge in [0.15, 0.2) is 5.43 Å². The smallest absolute Gasteiger partial charge is 0.186 e. The van der Waals surface area contributed by atoms with Crippen LogP contribution in [0, 0.1) is 0 Å². The van der Waals surface area contributed by atoms with Crippen molar-refractivity contribution in [3.05, 3.63) is 77.0 Å². The van der Waals surface area contributed by atoms with Crippen LogP contribution in [0.2, 0.25) is 0 Å².